The second-order valence-corrected chi connectivity index (χ2v) is 16.4. The lowest BCUT2D eigenvalue weighted by Gasteiger charge is -2.40. The first-order chi connectivity index (χ1) is 22.1. The molecule has 47 heavy (non-hydrogen) atoms. The van der Waals surface area contributed by atoms with Crippen LogP contribution in [0.4, 0.5) is 19.2 Å². The maximum absolute atomic E-state index is 12.7. The molecule has 0 bridgehead atoms. The summed E-state index contributed by atoms with van der Waals surface area (Å²) in [4.78, 5) is 59.1. The molecule has 0 aromatic rings. The largest absolute Gasteiger partial charge is 0.444 e. The Kier molecular flexibility index (Phi) is 10.8. The lowest BCUT2D eigenvalue weighted by molar-refractivity contribution is 0.0139. The average Bonchev–Trinajstić information content (AvgIpc) is 3.48. The van der Waals surface area contributed by atoms with Crippen molar-refractivity contribution >= 4 is 24.2 Å². The molecule has 6 aliphatic rings. The number of hydrogen-bond donors (Lipinski definition) is 1. The van der Waals surface area contributed by atoms with Crippen LogP contribution in [-0.2, 0) is 9.47 Å². The number of likely N-dealkylation sites (N-methyl/N-ethyl adjacent to an activating group) is 1. The SMILES string of the molecule is CC(C)(C)OC(=O)N1CCC(N2C(=O)N[C@H]3CCCC[C@@H]32)CC1.CN1C(=O)N(C2CCN(C(=O)OC(C)(C)C)CC2)[C@H]2CCCC[C@@H]21. The molecule has 0 spiro atoms. The van der Waals surface area contributed by atoms with E-state index in [1.807, 2.05) is 53.5 Å². The molecule has 0 aromatic heterocycles. The quantitative estimate of drug-likeness (QED) is 0.401. The number of amides is 6. The zero-order chi connectivity index (χ0) is 34.1. The van der Waals surface area contributed by atoms with Crippen LogP contribution in [0.2, 0.25) is 0 Å². The molecule has 2 saturated carbocycles. The van der Waals surface area contributed by atoms with Crippen LogP contribution in [-0.4, -0.2) is 129 Å². The smallest absolute Gasteiger partial charge is 0.410 e. The van der Waals surface area contributed by atoms with Crippen molar-refractivity contribution in [1.82, 2.24) is 29.8 Å². The second kappa shape index (κ2) is 14.3. The zero-order valence-electron chi connectivity index (χ0n) is 30.0. The second-order valence-electron chi connectivity index (χ2n) is 16.4. The number of piperidine rings is 2. The van der Waals surface area contributed by atoms with Gasteiger partial charge in [-0.25, -0.2) is 19.2 Å². The summed E-state index contributed by atoms with van der Waals surface area (Å²) in [7, 11) is 1.95. The molecule has 4 atom stereocenters. The maximum Gasteiger partial charge on any atom is 0.410 e. The molecule has 2 aliphatic carbocycles. The Hall–Kier alpha value is -2.92. The van der Waals surface area contributed by atoms with E-state index in [-0.39, 0.29) is 36.3 Å². The van der Waals surface area contributed by atoms with Gasteiger partial charge in [-0.3, -0.25) is 0 Å². The zero-order valence-corrected chi connectivity index (χ0v) is 30.0. The highest BCUT2D eigenvalue weighted by atomic mass is 16.6. The number of hydrogen-bond acceptors (Lipinski definition) is 6. The van der Waals surface area contributed by atoms with Gasteiger partial charge < -0.3 is 39.3 Å². The number of nitrogens with zero attached hydrogens (tertiary/aromatic N) is 5. The molecule has 0 radical (unpaired) electrons. The normalized spacial score (nSPS) is 29.1. The minimum atomic E-state index is -0.461. The van der Waals surface area contributed by atoms with Crippen LogP contribution >= 0.6 is 0 Å². The third-order valence-corrected chi connectivity index (χ3v) is 10.7. The van der Waals surface area contributed by atoms with Gasteiger partial charge in [0, 0.05) is 45.3 Å². The van der Waals surface area contributed by atoms with Gasteiger partial charge in [-0.1, -0.05) is 25.7 Å². The first-order valence-electron chi connectivity index (χ1n) is 18.2. The fourth-order valence-electron chi connectivity index (χ4n) is 8.50. The summed E-state index contributed by atoms with van der Waals surface area (Å²) in [5.74, 6) is 0. The third kappa shape index (κ3) is 8.39. The lowest BCUT2D eigenvalue weighted by Crippen LogP contribution is -2.51. The van der Waals surface area contributed by atoms with E-state index in [0.717, 1.165) is 51.4 Å². The van der Waals surface area contributed by atoms with E-state index >= 15 is 0 Å². The van der Waals surface area contributed by atoms with Crippen LogP contribution < -0.4 is 5.32 Å². The Morgan fingerprint density at radius 2 is 1.04 bits per heavy atom. The van der Waals surface area contributed by atoms with Gasteiger partial charge in [0.2, 0.25) is 0 Å². The number of likely N-dealkylation sites (tertiary alicyclic amines) is 2. The Bertz CT molecular complexity index is 1140. The summed E-state index contributed by atoms with van der Waals surface area (Å²) >= 11 is 0. The molecule has 4 saturated heterocycles. The van der Waals surface area contributed by atoms with Gasteiger partial charge >= 0.3 is 24.2 Å². The van der Waals surface area contributed by atoms with Gasteiger partial charge in [0.1, 0.15) is 11.2 Å². The Morgan fingerprint density at radius 1 is 0.617 bits per heavy atom. The molecule has 4 heterocycles. The average molecular weight is 661 g/mol. The topological polar surface area (TPSA) is 115 Å². The number of rotatable bonds is 2. The molecular formula is C35H60N6O6. The van der Waals surface area contributed by atoms with E-state index in [4.69, 9.17) is 9.47 Å². The molecule has 6 rings (SSSR count). The van der Waals surface area contributed by atoms with Gasteiger partial charge in [0.15, 0.2) is 0 Å². The summed E-state index contributed by atoms with van der Waals surface area (Å²) in [6.45, 7) is 14.0. The van der Waals surface area contributed by atoms with Crippen molar-refractivity contribution in [2.75, 3.05) is 33.2 Å². The minimum absolute atomic E-state index is 0.0950. The first kappa shape index (κ1) is 35.4. The minimum Gasteiger partial charge on any atom is -0.444 e. The van der Waals surface area contributed by atoms with Crippen molar-refractivity contribution in [2.45, 2.75) is 166 Å². The van der Waals surface area contributed by atoms with Gasteiger partial charge in [-0.05, 0) is 92.9 Å². The molecule has 12 heteroatoms. The van der Waals surface area contributed by atoms with Crippen LogP contribution in [0, 0.1) is 0 Å². The van der Waals surface area contributed by atoms with Crippen LogP contribution in [0.5, 0.6) is 0 Å². The third-order valence-electron chi connectivity index (χ3n) is 10.7. The molecule has 1 N–H and O–H groups in total. The summed E-state index contributed by atoms with van der Waals surface area (Å²) in [6, 6.07) is 2.23. The fraction of sp³-hybridized carbons (Fsp3) is 0.886. The van der Waals surface area contributed by atoms with Crippen LogP contribution in [0.25, 0.3) is 0 Å². The predicted octanol–water partition coefficient (Wildman–Crippen LogP) is 5.79. The van der Waals surface area contributed by atoms with E-state index in [2.05, 4.69) is 15.1 Å². The highest BCUT2D eigenvalue weighted by Crippen LogP contribution is 2.37. The standard InChI is InChI=1S/C18H31N3O3.C17H29N3O3/c1-18(2,3)24-17(23)20-11-9-13(10-12-20)21-15-8-6-5-7-14(15)19(4)16(21)22;1-17(2,3)23-16(22)19-10-8-12(9-11-19)20-14-7-5-4-6-13(14)18-15(20)21/h13-15H,5-12H2,1-4H3;12-14H,4-11H2,1-3H3,(H,18,21)/t14-,15-;13-,14-/m00/s1. The summed E-state index contributed by atoms with van der Waals surface area (Å²) in [5.41, 5.74) is -0.922. The van der Waals surface area contributed by atoms with Crippen molar-refractivity contribution in [3.05, 3.63) is 0 Å². The molecular weight excluding hydrogens is 600 g/mol. The van der Waals surface area contributed by atoms with Crippen LogP contribution in [0.3, 0.4) is 0 Å². The van der Waals surface area contributed by atoms with E-state index in [1.165, 1.54) is 25.7 Å². The Morgan fingerprint density at radius 3 is 1.53 bits per heavy atom. The molecule has 266 valence electrons. The molecule has 6 fully saturated rings. The fourth-order valence-corrected chi connectivity index (χ4v) is 8.50. The molecule has 0 unspecified atom stereocenters. The number of carbonyl (C=O) groups is 4. The number of ether oxygens (including phenoxy) is 2. The van der Waals surface area contributed by atoms with Crippen LogP contribution in [0.15, 0.2) is 0 Å². The van der Waals surface area contributed by atoms with E-state index in [9.17, 15) is 19.2 Å². The highest BCUT2D eigenvalue weighted by molar-refractivity contribution is 5.79. The van der Waals surface area contributed by atoms with Crippen molar-refractivity contribution in [2.24, 2.45) is 0 Å². The van der Waals surface area contributed by atoms with E-state index < -0.39 is 11.2 Å². The number of nitrogens with one attached hydrogen (secondary N) is 1. The lowest BCUT2D eigenvalue weighted by atomic mass is 9.89. The van der Waals surface area contributed by atoms with Crippen molar-refractivity contribution in [3.8, 4) is 0 Å². The van der Waals surface area contributed by atoms with Gasteiger partial charge in [0.25, 0.3) is 0 Å². The van der Waals surface area contributed by atoms with Crippen molar-refractivity contribution in [3.63, 3.8) is 0 Å². The van der Waals surface area contributed by atoms with Gasteiger partial charge in [0.05, 0.1) is 24.2 Å². The van der Waals surface area contributed by atoms with Gasteiger partial charge in [-0.2, -0.15) is 0 Å². The summed E-state index contributed by atoms with van der Waals surface area (Å²) in [6.07, 6.45) is 12.2. The summed E-state index contributed by atoms with van der Waals surface area (Å²) in [5, 5.41) is 3.15. The summed E-state index contributed by atoms with van der Waals surface area (Å²) < 4.78 is 10.9. The highest BCUT2D eigenvalue weighted by Gasteiger charge is 2.48. The molecule has 6 amide bonds. The maximum atomic E-state index is 12.7. The predicted molar refractivity (Wildman–Crippen MR) is 179 cm³/mol. The monoisotopic (exact) mass is 660 g/mol. The molecule has 0 aromatic carbocycles. The van der Waals surface area contributed by atoms with E-state index in [1.54, 1.807) is 9.80 Å². The number of urea groups is 2. The first-order valence-corrected chi connectivity index (χ1v) is 18.2. The van der Waals surface area contributed by atoms with E-state index in [0.29, 0.717) is 50.3 Å². The van der Waals surface area contributed by atoms with Crippen LogP contribution in [0.1, 0.15) is 119 Å². The van der Waals surface area contributed by atoms with Gasteiger partial charge in [-0.15, -0.1) is 0 Å². The number of carbonyl (C=O) groups excluding carboxylic acids is 4. The molecule has 12 nitrogen and oxygen atoms in total. The number of fused-ring (bicyclic) bond motifs is 2. The Labute approximate surface area is 281 Å². The van der Waals surface area contributed by atoms with Crippen molar-refractivity contribution in [1.29, 1.82) is 0 Å². The molecule has 4 aliphatic heterocycles. The van der Waals surface area contributed by atoms with Crippen molar-refractivity contribution < 1.29 is 28.7 Å². The Balaban J connectivity index is 0.000000185.